The minimum atomic E-state index is 0.619. The molecule has 0 fully saturated rings. The van der Waals surface area contributed by atoms with Crippen molar-refractivity contribution in [3.63, 3.8) is 0 Å². The van der Waals surface area contributed by atoms with Crippen molar-refractivity contribution in [1.82, 2.24) is 10.2 Å². The molecule has 1 aromatic heterocycles. The average molecular weight is 217 g/mol. The van der Waals surface area contributed by atoms with Gasteiger partial charge in [0.1, 0.15) is 5.75 Å². The number of H-pyrrole nitrogens is 1. The number of rotatable bonds is 4. The molecule has 84 valence electrons. The van der Waals surface area contributed by atoms with Crippen molar-refractivity contribution in [1.29, 1.82) is 0 Å². The van der Waals surface area contributed by atoms with E-state index in [1.165, 1.54) is 0 Å². The first-order valence-electron chi connectivity index (χ1n) is 5.23. The third-order valence-corrected chi connectivity index (χ3v) is 2.27. The van der Waals surface area contributed by atoms with Gasteiger partial charge in [0.05, 0.1) is 12.3 Å². The Kier molecular flexibility index (Phi) is 3.10. The van der Waals surface area contributed by atoms with Gasteiger partial charge in [0.25, 0.3) is 0 Å². The molecule has 0 aliphatic carbocycles. The van der Waals surface area contributed by atoms with Crippen LogP contribution in [0.1, 0.15) is 11.4 Å². The molecule has 0 saturated heterocycles. The van der Waals surface area contributed by atoms with Gasteiger partial charge in [0.15, 0.2) is 0 Å². The number of benzene rings is 1. The summed E-state index contributed by atoms with van der Waals surface area (Å²) in [4.78, 5) is 0. The number of aromatic nitrogens is 2. The Morgan fingerprint density at radius 1 is 1.31 bits per heavy atom. The predicted octanol–water partition coefficient (Wildman–Crippen LogP) is 1.92. The lowest BCUT2D eigenvalue weighted by Gasteiger charge is -2.04. The number of ether oxygens (including phenoxy) is 1. The average Bonchev–Trinajstić information content (AvgIpc) is 2.67. The van der Waals surface area contributed by atoms with Gasteiger partial charge in [-0.1, -0.05) is 0 Å². The molecule has 16 heavy (non-hydrogen) atoms. The van der Waals surface area contributed by atoms with Crippen molar-refractivity contribution in [3.05, 3.63) is 41.7 Å². The van der Waals surface area contributed by atoms with Crippen LogP contribution in [0.2, 0.25) is 0 Å². The predicted molar refractivity (Wildman–Crippen MR) is 63.4 cm³/mol. The smallest absolute Gasteiger partial charge is 0.119 e. The van der Waals surface area contributed by atoms with Crippen LogP contribution in [0.4, 0.5) is 5.69 Å². The molecule has 0 unspecified atom stereocenters. The highest BCUT2D eigenvalue weighted by Gasteiger charge is 1.98. The lowest BCUT2D eigenvalue weighted by Crippen LogP contribution is -2.01. The highest BCUT2D eigenvalue weighted by molar-refractivity contribution is 5.41. The quantitative estimate of drug-likeness (QED) is 0.769. The Bertz CT molecular complexity index is 448. The molecule has 1 heterocycles. The van der Waals surface area contributed by atoms with Crippen molar-refractivity contribution in [2.75, 3.05) is 12.3 Å². The molecule has 4 heteroatoms. The monoisotopic (exact) mass is 217 g/mol. The fourth-order valence-electron chi connectivity index (χ4n) is 1.44. The molecule has 2 rings (SSSR count). The summed E-state index contributed by atoms with van der Waals surface area (Å²) in [7, 11) is 0. The van der Waals surface area contributed by atoms with Gasteiger partial charge in [-0.25, -0.2) is 0 Å². The Balaban J connectivity index is 1.82. The second-order valence-corrected chi connectivity index (χ2v) is 3.71. The number of nitrogens with two attached hydrogens (primary N) is 1. The summed E-state index contributed by atoms with van der Waals surface area (Å²) in [6.07, 6.45) is 0.800. The second-order valence-electron chi connectivity index (χ2n) is 3.71. The van der Waals surface area contributed by atoms with E-state index in [-0.39, 0.29) is 0 Å². The minimum Gasteiger partial charge on any atom is -0.493 e. The number of nitrogen functional groups attached to an aromatic ring is 1. The maximum absolute atomic E-state index is 5.58. The van der Waals surface area contributed by atoms with Gasteiger partial charge in [0, 0.05) is 17.8 Å². The summed E-state index contributed by atoms with van der Waals surface area (Å²) in [5, 5.41) is 7.04. The summed E-state index contributed by atoms with van der Waals surface area (Å²) in [5.41, 5.74) is 8.42. The van der Waals surface area contributed by atoms with E-state index < -0.39 is 0 Å². The number of nitrogens with zero attached hydrogens (tertiary/aromatic N) is 1. The molecule has 0 aliphatic rings. The molecule has 0 aliphatic heterocycles. The summed E-state index contributed by atoms with van der Waals surface area (Å²) >= 11 is 0. The van der Waals surface area contributed by atoms with Crippen LogP contribution in [0.3, 0.4) is 0 Å². The lowest BCUT2D eigenvalue weighted by molar-refractivity contribution is 0.320. The van der Waals surface area contributed by atoms with Crippen LogP contribution in [-0.4, -0.2) is 16.8 Å². The molecular weight excluding hydrogens is 202 g/mol. The van der Waals surface area contributed by atoms with Gasteiger partial charge in [0.2, 0.25) is 0 Å². The number of hydrogen-bond acceptors (Lipinski definition) is 3. The third kappa shape index (κ3) is 2.76. The van der Waals surface area contributed by atoms with Gasteiger partial charge in [-0.3, -0.25) is 5.10 Å². The van der Waals surface area contributed by atoms with Crippen LogP contribution in [0.25, 0.3) is 0 Å². The summed E-state index contributed by atoms with van der Waals surface area (Å²) in [6.45, 7) is 2.60. The summed E-state index contributed by atoms with van der Waals surface area (Å²) in [6, 6.07) is 9.41. The lowest BCUT2D eigenvalue weighted by atomic mass is 10.3. The largest absolute Gasteiger partial charge is 0.493 e. The molecule has 0 radical (unpaired) electrons. The van der Waals surface area contributed by atoms with Crippen LogP contribution in [0.5, 0.6) is 5.75 Å². The number of aromatic amines is 1. The van der Waals surface area contributed by atoms with Crippen LogP contribution >= 0.6 is 0 Å². The number of aryl methyl sites for hydroxylation is 1. The van der Waals surface area contributed by atoms with Crippen LogP contribution in [0.15, 0.2) is 30.3 Å². The van der Waals surface area contributed by atoms with E-state index in [2.05, 4.69) is 10.2 Å². The van der Waals surface area contributed by atoms with E-state index in [0.717, 1.165) is 29.2 Å². The number of hydrogen-bond donors (Lipinski definition) is 2. The van der Waals surface area contributed by atoms with Crippen LogP contribution in [-0.2, 0) is 6.42 Å². The maximum atomic E-state index is 5.58. The molecule has 0 atom stereocenters. The first-order chi connectivity index (χ1) is 7.74. The van der Waals surface area contributed by atoms with E-state index in [9.17, 15) is 0 Å². The number of nitrogens with one attached hydrogen (secondary N) is 1. The molecule has 0 amide bonds. The fraction of sp³-hybridized carbons (Fsp3) is 0.250. The molecule has 0 spiro atoms. The van der Waals surface area contributed by atoms with Crippen molar-refractivity contribution < 1.29 is 4.74 Å². The van der Waals surface area contributed by atoms with Crippen molar-refractivity contribution in [3.8, 4) is 5.75 Å². The highest BCUT2D eigenvalue weighted by Crippen LogP contribution is 2.13. The van der Waals surface area contributed by atoms with E-state index in [1.807, 2.05) is 37.3 Å². The topological polar surface area (TPSA) is 63.9 Å². The zero-order valence-corrected chi connectivity index (χ0v) is 9.23. The van der Waals surface area contributed by atoms with Crippen LogP contribution in [0, 0.1) is 6.92 Å². The van der Waals surface area contributed by atoms with Gasteiger partial charge >= 0.3 is 0 Å². The third-order valence-electron chi connectivity index (χ3n) is 2.27. The Morgan fingerprint density at radius 3 is 2.69 bits per heavy atom. The van der Waals surface area contributed by atoms with E-state index in [1.54, 1.807) is 0 Å². The summed E-state index contributed by atoms with van der Waals surface area (Å²) < 4.78 is 5.56. The minimum absolute atomic E-state index is 0.619. The van der Waals surface area contributed by atoms with Gasteiger partial charge in [-0.15, -0.1) is 0 Å². The molecule has 1 aromatic carbocycles. The Hall–Kier alpha value is -1.97. The SMILES string of the molecule is Cc1cc(CCOc2ccc(N)cc2)n[nH]1. The van der Waals surface area contributed by atoms with Crippen LogP contribution < -0.4 is 10.5 Å². The molecule has 3 N–H and O–H groups in total. The molecule has 2 aromatic rings. The first-order valence-corrected chi connectivity index (χ1v) is 5.23. The zero-order chi connectivity index (χ0) is 11.4. The van der Waals surface area contributed by atoms with Crippen molar-refractivity contribution in [2.24, 2.45) is 0 Å². The maximum Gasteiger partial charge on any atom is 0.119 e. The zero-order valence-electron chi connectivity index (χ0n) is 9.23. The van der Waals surface area contributed by atoms with Crippen molar-refractivity contribution in [2.45, 2.75) is 13.3 Å². The normalized spacial score (nSPS) is 10.3. The Morgan fingerprint density at radius 2 is 2.06 bits per heavy atom. The standard InChI is InChI=1S/C12H15N3O/c1-9-8-11(15-14-9)6-7-16-12-4-2-10(13)3-5-12/h2-5,8H,6-7,13H2,1H3,(H,14,15). The van der Waals surface area contributed by atoms with Gasteiger partial charge in [-0.05, 0) is 37.3 Å². The highest BCUT2D eigenvalue weighted by atomic mass is 16.5. The van der Waals surface area contributed by atoms with E-state index in [4.69, 9.17) is 10.5 Å². The Labute approximate surface area is 94.4 Å². The first kappa shape index (κ1) is 10.5. The van der Waals surface area contributed by atoms with E-state index in [0.29, 0.717) is 6.61 Å². The second kappa shape index (κ2) is 4.70. The van der Waals surface area contributed by atoms with E-state index >= 15 is 0 Å². The van der Waals surface area contributed by atoms with Gasteiger partial charge in [-0.2, -0.15) is 5.10 Å². The van der Waals surface area contributed by atoms with Crippen molar-refractivity contribution >= 4 is 5.69 Å². The fourth-order valence-corrected chi connectivity index (χ4v) is 1.44. The molecule has 0 saturated carbocycles. The summed E-state index contributed by atoms with van der Waals surface area (Å²) in [5.74, 6) is 0.835. The molecular formula is C12H15N3O. The molecule has 0 bridgehead atoms. The molecule has 4 nitrogen and oxygen atoms in total. The van der Waals surface area contributed by atoms with Gasteiger partial charge < -0.3 is 10.5 Å². The number of anilines is 1.